The smallest absolute Gasteiger partial charge is 0.161 e. The molecule has 0 aliphatic carbocycles. The van der Waals surface area contributed by atoms with Crippen LogP contribution in [0.3, 0.4) is 0 Å². The van der Waals surface area contributed by atoms with E-state index >= 15 is 0 Å². The van der Waals surface area contributed by atoms with E-state index in [1.54, 1.807) is 20.5 Å². The van der Waals surface area contributed by atoms with E-state index in [2.05, 4.69) is 34.1 Å². The van der Waals surface area contributed by atoms with Crippen molar-refractivity contribution >= 4 is 6.08 Å². The summed E-state index contributed by atoms with van der Waals surface area (Å²) in [5.41, 5.74) is 2.77. The predicted octanol–water partition coefficient (Wildman–Crippen LogP) is 3.83. The maximum absolute atomic E-state index is 5.51. The van der Waals surface area contributed by atoms with Gasteiger partial charge < -0.3 is 13.9 Å². The zero-order chi connectivity index (χ0) is 19.3. The van der Waals surface area contributed by atoms with E-state index in [1.165, 1.54) is 30.5 Å². The Labute approximate surface area is 167 Å². The van der Waals surface area contributed by atoms with Crippen molar-refractivity contribution in [2.24, 2.45) is 0 Å². The Morgan fingerprint density at radius 3 is 2.71 bits per heavy atom. The van der Waals surface area contributed by atoms with E-state index in [0.717, 1.165) is 49.9 Å². The first-order chi connectivity index (χ1) is 13.8. The van der Waals surface area contributed by atoms with Gasteiger partial charge in [0.1, 0.15) is 5.76 Å². The van der Waals surface area contributed by atoms with Crippen LogP contribution < -0.4 is 9.47 Å². The molecule has 150 valence electrons. The molecule has 2 aromatic rings. The molecule has 1 aromatic carbocycles. The third-order valence-corrected chi connectivity index (χ3v) is 5.93. The number of hydrogen-bond donors (Lipinski definition) is 0. The summed E-state index contributed by atoms with van der Waals surface area (Å²) in [5.74, 6) is 2.59. The molecule has 0 saturated carbocycles. The van der Waals surface area contributed by atoms with E-state index in [9.17, 15) is 0 Å². The number of likely N-dealkylation sites (tertiary alicyclic amines) is 1. The zero-order valence-electron chi connectivity index (χ0n) is 16.9. The Hall–Kier alpha value is -2.24. The van der Waals surface area contributed by atoms with Crippen molar-refractivity contribution in [2.45, 2.75) is 31.8 Å². The number of hydrogen-bond acceptors (Lipinski definition) is 5. The van der Waals surface area contributed by atoms with Gasteiger partial charge in [0.25, 0.3) is 0 Å². The lowest BCUT2D eigenvalue weighted by atomic mass is 9.95. The fourth-order valence-corrected chi connectivity index (χ4v) is 4.42. The predicted molar refractivity (Wildman–Crippen MR) is 111 cm³/mol. The lowest BCUT2D eigenvalue weighted by Gasteiger charge is -2.41. The maximum atomic E-state index is 5.51. The van der Waals surface area contributed by atoms with Gasteiger partial charge in [-0.15, -0.1) is 0 Å². The molecule has 2 aliphatic rings. The van der Waals surface area contributed by atoms with Crippen molar-refractivity contribution in [3.05, 3.63) is 53.5 Å². The average molecular weight is 383 g/mol. The van der Waals surface area contributed by atoms with Crippen molar-refractivity contribution in [3.8, 4) is 11.5 Å². The van der Waals surface area contributed by atoms with Crippen molar-refractivity contribution in [3.63, 3.8) is 0 Å². The summed E-state index contributed by atoms with van der Waals surface area (Å²) in [5, 5.41) is 0. The highest BCUT2D eigenvalue weighted by molar-refractivity contribution is 5.48. The summed E-state index contributed by atoms with van der Waals surface area (Å²) in [7, 11) is 3.41. The Kier molecular flexibility index (Phi) is 6.03. The number of furan rings is 1. The normalized spacial score (nSPS) is 21.0. The van der Waals surface area contributed by atoms with Crippen LogP contribution in [-0.4, -0.2) is 56.2 Å². The summed E-state index contributed by atoms with van der Waals surface area (Å²) in [6, 6.07) is 8.84. The Balaban J connectivity index is 1.38. The van der Waals surface area contributed by atoms with E-state index < -0.39 is 0 Å². The van der Waals surface area contributed by atoms with Crippen molar-refractivity contribution < 1.29 is 13.9 Å². The second-order valence-electron chi connectivity index (χ2n) is 7.67. The molecule has 0 amide bonds. The summed E-state index contributed by atoms with van der Waals surface area (Å²) >= 11 is 0. The van der Waals surface area contributed by atoms with Gasteiger partial charge in [0, 0.05) is 32.2 Å². The van der Waals surface area contributed by atoms with Crippen LogP contribution in [0.15, 0.2) is 41.0 Å². The lowest BCUT2D eigenvalue weighted by molar-refractivity contribution is 0.0937. The van der Waals surface area contributed by atoms with Crippen LogP contribution >= 0.6 is 0 Å². The van der Waals surface area contributed by atoms with E-state index in [-0.39, 0.29) is 0 Å². The molecule has 1 fully saturated rings. The molecule has 1 unspecified atom stereocenters. The van der Waals surface area contributed by atoms with Crippen LogP contribution in [0.1, 0.15) is 29.7 Å². The lowest BCUT2D eigenvalue weighted by Crippen LogP contribution is -2.49. The third-order valence-electron chi connectivity index (χ3n) is 5.93. The topological polar surface area (TPSA) is 38.1 Å². The molecular weight excluding hydrogens is 352 g/mol. The minimum absolute atomic E-state index is 0.618. The van der Waals surface area contributed by atoms with Crippen LogP contribution in [0.2, 0.25) is 0 Å². The van der Waals surface area contributed by atoms with Gasteiger partial charge in [0.2, 0.25) is 0 Å². The fraction of sp³-hybridized carbons (Fsp3) is 0.478. The van der Waals surface area contributed by atoms with Crippen molar-refractivity contribution in [1.29, 1.82) is 0 Å². The molecule has 0 radical (unpaired) electrons. The van der Waals surface area contributed by atoms with Crippen LogP contribution in [0.4, 0.5) is 0 Å². The van der Waals surface area contributed by atoms with Gasteiger partial charge in [0.15, 0.2) is 11.5 Å². The van der Waals surface area contributed by atoms with Crippen molar-refractivity contribution in [2.75, 3.05) is 40.4 Å². The largest absolute Gasteiger partial charge is 0.493 e. The van der Waals surface area contributed by atoms with Crippen LogP contribution in [0.25, 0.3) is 6.08 Å². The molecule has 28 heavy (non-hydrogen) atoms. The summed E-state index contributed by atoms with van der Waals surface area (Å²) in [6.07, 6.45) is 9.61. The SMILES string of the molecule is COc1cc2c(cc1OC)CN(C1CCCN(C/C=C/c3ccco3)C1)CC2. The molecule has 3 heterocycles. The molecular formula is C23H30N2O3. The average Bonchev–Trinajstić information content (AvgIpc) is 3.26. The molecule has 5 nitrogen and oxygen atoms in total. The summed E-state index contributed by atoms with van der Waals surface area (Å²) < 4.78 is 16.3. The second-order valence-corrected chi connectivity index (χ2v) is 7.67. The number of piperidine rings is 1. The first kappa shape index (κ1) is 19.1. The van der Waals surface area contributed by atoms with E-state index in [4.69, 9.17) is 13.9 Å². The molecule has 5 heteroatoms. The van der Waals surface area contributed by atoms with Gasteiger partial charge in [-0.25, -0.2) is 0 Å². The fourth-order valence-electron chi connectivity index (χ4n) is 4.42. The quantitative estimate of drug-likeness (QED) is 0.759. The molecule has 4 rings (SSSR count). The highest BCUT2D eigenvalue weighted by Gasteiger charge is 2.28. The maximum Gasteiger partial charge on any atom is 0.161 e. The van der Waals surface area contributed by atoms with Gasteiger partial charge in [-0.2, -0.15) is 0 Å². The van der Waals surface area contributed by atoms with Gasteiger partial charge >= 0.3 is 0 Å². The van der Waals surface area contributed by atoms with Crippen LogP contribution in [0, 0.1) is 0 Å². The molecule has 1 atom stereocenters. The molecule has 1 saturated heterocycles. The van der Waals surface area contributed by atoms with Crippen LogP contribution in [-0.2, 0) is 13.0 Å². The number of nitrogens with zero attached hydrogens (tertiary/aromatic N) is 2. The van der Waals surface area contributed by atoms with E-state index in [0.29, 0.717) is 6.04 Å². The van der Waals surface area contributed by atoms with Crippen molar-refractivity contribution in [1.82, 2.24) is 9.80 Å². The molecule has 0 spiro atoms. The number of fused-ring (bicyclic) bond motifs is 1. The highest BCUT2D eigenvalue weighted by atomic mass is 16.5. The Morgan fingerprint density at radius 1 is 1.14 bits per heavy atom. The van der Waals surface area contributed by atoms with Crippen LogP contribution in [0.5, 0.6) is 11.5 Å². The second kappa shape index (κ2) is 8.84. The minimum Gasteiger partial charge on any atom is -0.493 e. The molecule has 2 aliphatic heterocycles. The summed E-state index contributed by atoms with van der Waals surface area (Å²) in [4.78, 5) is 5.20. The monoisotopic (exact) mass is 382 g/mol. The summed E-state index contributed by atoms with van der Waals surface area (Å²) in [6.45, 7) is 5.39. The van der Waals surface area contributed by atoms with Gasteiger partial charge in [-0.1, -0.05) is 6.08 Å². The Bertz CT molecular complexity index is 800. The van der Waals surface area contributed by atoms with Gasteiger partial charge in [-0.3, -0.25) is 9.80 Å². The molecule has 0 N–H and O–H groups in total. The number of ether oxygens (including phenoxy) is 2. The highest BCUT2D eigenvalue weighted by Crippen LogP contribution is 2.34. The first-order valence-electron chi connectivity index (χ1n) is 10.2. The van der Waals surface area contributed by atoms with Gasteiger partial charge in [0.05, 0.1) is 20.5 Å². The molecule has 0 bridgehead atoms. The molecule has 1 aromatic heterocycles. The minimum atomic E-state index is 0.618. The third kappa shape index (κ3) is 4.26. The number of benzene rings is 1. The van der Waals surface area contributed by atoms with Gasteiger partial charge in [-0.05, 0) is 67.3 Å². The number of methoxy groups -OCH3 is 2. The first-order valence-corrected chi connectivity index (χ1v) is 10.2. The number of rotatable bonds is 6. The zero-order valence-corrected chi connectivity index (χ0v) is 16.9. The Morgan fingerprint density at radius 2 is 1.96 bits per heavy atom. The standard InChI is InChI=1S/C23H30N2O3/c1-26-22-14-18-9-12-25(16-19(18)15-23(22)27-2)20-6-3-10-24(17-20)11-4-7-21-8-5-13-28-21/h4-5,7-8,13-15,20H,3,6,9-12,16-17H2,1-2H3/b7-4+. The van der Waals surface area contributed by atoms with E-state index in [1.807, 2.05) is 12.1 Å².